The molecule has 0 saturated carbocycles. The van der Waals surface area contributed by atoms with Gasteiger partial charge in [0.25, 0.3) is 5.91 Å². The minimum atomic E-state index is -0.194. The van der Waals surface area contributed by atoms with E-state index in [0.717, 1.165) is 5.56 Å². The van der Waals surface area contributed by atoms with Gasteiger partial charge in [0.2, 0.25) is 5.91 Å². The first kappa shape index (κ1) is 21.9. The van der Waals surface area contributed by atoms with E-state index < -0.39 is 0 Å². The maximum Gasteiger partial charge on any atom is 0.251 e. The van der Waals surface area contributed by atoms with Crippen LogP contribution < -0.4 is 20.7 Å². The Morgan fingerprint density at radius 1 is 0.871 bits per heavy atom. The van der Waals surface area contributed by atoms with Crippen molar-refractivity contribution in [1.29, 1.82) is 0 Å². The number of anilines is 2. The molecule has 3 rings (SSSR count). The lowest BCUT2D eigenvalue weighted by atomic mass is 10.1. The minimum absolute atomic E-state index is 0.0600. The number of amides is 2. The smallest absolute Gasteiger partial charge is 0.251 e. The van der Waals surface area contributed by atoms with Crippen LogP contribution in [0.25, 0.3) is 0 Å². The molecule has 160 valence electrons. The average Bonchev–Trinajstić information content (AvgIpc) is 2.77. The Kier molecular flexibility index (Phi) is 7.65. The summed E-state index contributed by atoms with van der Waals surface area (Å²) in [7, 11) is 0. The van der Waals surface area contributed by atoms with Gasteiger partial charge in [-0.2, -0.15) is 0 Å². The molecule has 6 heteroatoms. The number of carbonyl (C=O) groups excluding carboxylic acids is 2. The Labute approximate surface area is 182 Å². The van der Waals surface area contributed by atoms with Crippen molar-refractivity contribution in [3.63, 3.8) is 0 Å². The largest absolute Gasteiger partial charge is 0.491 e. The first-order valence-corrected chi connectivity index (χ1v) is 10.2. The highest BCUT2D eigenvalue weighted by atomic mass is 16.5. The molecule has 0 fully saturated rings. The molecular formula is C25H27N3O3. The second-order valence-electron chi connectivity index (χ2n) is 7.35. The third kappa shape index (κ3) is 7.19. The summed E-state index contributed by atoms with van der Waals surface area (Å²) in [5, 5.41) is 8.80. The fourth-order valence-corrected chi connectivity index (χ4v) is 2.96. The summed E-state index contributed by atoms with van der Waals surface area (Å²) in [4.78, 5) is 24.7. The molecule has 0 spiro atoms. The molecule has 0 atom stereocenters. The summed E-state index contributed by atoms with van der Waals surface area (Å²) >= 11 is 0. The number of carbonyl (C=O) groups is 2. The maximum atomic E-state index is 12.4. The van der Waals surface area contributed by atoms with Crippen molar-refractivity contribution in [1.82, 2.24) is 5.32 Å². The molecule has 0 aromatic heterocycles. The van der Waals surface area contributed by atoms with Gasteiger partial charge in [-0.3, -0.25) is 9.59 Å². The quantitative estimate of drug-likeness (QED) is 0.480. The van der Waals surface area contributed by atoms with Crippen molar-refractivity contribution in [2.45, 2.75) is 26.5 Å². The molecule has 3 aromatic rings. The third-order valence-corrected chi connectivity index (χ3v) is 4.36. The normalized spacial score (nSPS) is 10.4. The first-order chi connectivity index (χ1) is 15.0. The van der Waals surface area contributed by atoms with Gasteiger partial charge < -0.3 is 20.7 Å². The number of benzene rings is 3. The Morgan fingerprint density at radius 3 is 2.39 bits per heavy atom. The van der Waals surface area contributed by atoms with E-state index in [1.54, 1.807) is 24.3 Å². The van der Waals surface area contributed by atoms with Crippen molar-refractivity contribution >= 4 is 23.2 Å². The highest BCUT2D eigenvalue weighted by molar-refractivity contribution is 5.96. The van der Waals surface area contributed by atoms with Crippen LogP contribution in [-0.2, 0) is 11.3 Å². The van der Waals surface area contributed by atoms with Crippen LogP contribution >= 0.6 is 0 Å². The molecule has 31 heavy (non-hydrogen) atoms. The van der Waals surface area contributed by atoms with Crippen molar-refractivity contribution in [2.75, 3.05) is 17.2 Å². The lowest BCUT2D eigenvalue weighted by Gasteiger charge is -2.12. The van der Waals surface area contributed by atoms with Crippen molar-refractivity contribution in [3.8, 4) is 5.75 Å². The zero-order valence-electron chi connectivity index (χ0n) is 17.7. The summed E-state index contributed by atoms with van der Waals surface area (Å²) < 4.78 is 5.64. The summed E-state index contributed by atoms with van der Waals surface area (Å²) in [6.07, 6.45) is 0.0600. The SMILES string of the molecule is CC(C)Oc1cccc(NC(=O)CNc2cccc(C(=O)NCc3ccccc3)c2)c1. The van der Waals surface area contributed by atoms with Crippen molar-refractivity contribution < 1.29 is 14.3 Å². The van der Waals surface area contributed by atoms with Crippen LogP contribution in [0.1, 0.15) is 29.8 Å². The molecule has 6 nitrogen and oxygen atoms in total. The van der Waals surface area contributed by atoms with Gasteiger partial charge in [0.1, 0.15) is 5.75 Å². The molecule has 0 bridgehead atoms. The number of hydrogen-bond acceptors (Lipinski definition) is 4. The van der Waals surface area contributed by atoms with E-state index in [1.165, 1.54) is 0 Å². The topological polar surface area (TPSA) is 79.5 Å². The van der Waals surface area contributed by atoms with E-state index in [1.807, 2.05) is 68.4 Å². The van der Waals surface area contributed by atoms with Gasteiger partial charge in [-0.25, -0.2) is 0 Å². The summed E-state index contributed by atoms with van der Waals surface area (Å²) in [5.41, 5.74) is 2.92. The highest BCUT2D eigenvalue weighted by Crippen LogP contribution is 2.18. The van der Waals surface area contributed by atoms with Crippen LogP contribution in [-0.4, -0.2) is 24.5 Å². The maximum absolute atomic E-state index is 12.4. The Hall–Kier alpha value is -3.80. The van der Waals surface area contributed by atoms with Gasteiger partial charge in [-0.15, -0.1) is 0 Å². The number of ether oxygens (including phenoxy) is 1. The molecular weight excluding hydrogens is 390 g/mol. The molecule has 3 aromatic carbocycles. The van der Waals surface area contributed by atoms with Crippen LogP contribution in [0, 0.1) is 0 Å². The fourth-order valence-electron chi connectivity index (χ4n) is 2.96. The van der Waals surface area contributed by atoms with E-state index >= 15 is 0 Å². The predicted molar refractivity (Wildman–Crippen MR) is 123 cm³/mol. The first-order valence-electron chi connectivity index (χ1n) is 10.2. The van der Waals surface area contributed by atoms with E-state index in [-0.39, 0.29) is 24.5 Å². The standard InChI is InChI=1S/C25H27N3O3/c1-18(2)31-23-13-7-12-22(15-23)28-24(29)17-26-21-11-6-10-20(14-21)25(30)27-16-19-8-4-3-5-9-19/h3-15,18,26H,16-17H2,1-2H3,(H,27,30)(H,28,29). The Morgan fingerprint density at radius 2 is 1.61 bits per heavy atom. The Balaban J connectivity index is 1.51. The van der Waals surface area contributed by atoms with Gasteiger partial charge in [0.15, 0.2) is 0 Å². The van der Waals surface area contributed by atoms with E-state index in [2.05, 4.69) is 16.0 Å². The second kappa shape index (κ2) is 10.8. The van der Waals surface area contributed by atoms with Gasteiger partial charge in [0.05, 0.1) is 12.6 Å². The molecule has 0 aliphatic carbocycles. The zero-order valence-corrected chi connectivity index (χ0v) is 17.7. The number of rotatable bonds is 9. The van der Waals surface area contributed by atoms with E-state index in [9.17, 15) is 9.59 Å². The monoisotopic (exact) mass is 417 g/mol. The summed E-state index contributed by atoms with van der Waals surface area (Å²) in [5.74, 6) is 0.342. The molecule has 0 saturated heterocycles. The molecule has 0 radical (unpaired) electrons. The fraction of sp³-hybridized carbons (Fsp3) is 0.200. The van der Waals surface area contributed by atoms with Gasteiger partial charge in [-0.05, 0) is 49.7 Å². The number of nitrogens with one attached hydrogen (secondary N) is 3. The van der Waals surface area contributed by atoms with E-state index in [0.29, 0.717) is 29.2 Å². The van der Waals surface area contributed by atoms with Crippen LogP contribution in [0.5, 0.6) is 5.75 Å². The molecule has 2 amide bonds. The Bertz CT molecular complexity index is 1020. The molecule has 0 aliphatic rings. The molecule has 0 heterocycles. The van der Waals surface area contributed by atoms with Crippen LogP contribution in [0.15, 0.2) is 78.9 Å². The third-order valence-electron chi connectivity index (χ3n) is 4.36. The van der Waals surface area contributed by atoms with Crippen LogP contribution in [0.3, 0.4) is 0 Å². The van der Waals surface area contributed by atoms with Crippen LogP contribution in [0.4, 0.5) is 11.4 Å². The van der Waals surface area contributed by atoms with Crippen molar-refractivity contribution in [3.05, 3.63) is 90.0 Å². The van der Waals surface area contributed by atoms with Crippen LogP contribution in [0.2, 0.25) is 0 Å². The predicted octanol–water partition coefficient (Wildman–Crippen LogP) is 4.45. The zero-order chi connectivity index (χ0) is 22.1. The lowest BCUT2D eigenvalue weighted by Crippen LogP contribution is -2.23. The van der Waals surface area contributed by atoms with E-state index in [4.69, 9.17) is 4.74 Å². The number of hydrogen-bond donors (Lipinski definition) is 3. The van der Waals surface area contributed by atoms with Gasteiger partial charge in [0, 0.05) is 29.5 Å². The molecule has 3 N–H and O–H groups in total. The average molecular weight is 418 g/mol. The lowest BCUT2D eigenvalue weighted by molar-refractivity contribution is -0.114. The van der Waals surface area contributed by atoms with Gasteiger partial charge in [-0.1, -0.05) is 42.5 Å². The molecule has 0 unspecified atom stereocenters. The molecule has 0 aliphatic heterocycles. The second-order valence-corrected chi connectivity index (χ2v) is 7.35. The van der Waals surface area contributed by atoms with Gasteiger partial charge >= 0.3 is 0 Å². The summed E-state index contributed by atoms with van der Waals surface area (Å²) in [6.45, 7) is 4.43. The summed E-state index contributed by atoms with van der Waals surface area (Å²) in [6, 6.07) is 24.1. The highest BCUT2D eigenvalue weighted by Gasteiger charge is 2.08. The minimum Gasteiger partial charge on any atom is -0.491 e. The van der Waals surface area contributed by atoms with Crippen molar-refractivity contribution in [2.24, 2.45) is 0 Å².